The van der Waals surface area contributed by atoms with Gasteiger partial charge in [-0.1, -0.05) is 0 Å². The molecule has 1 aromatic heterocycles. The quantitative estimate of drug-likeness (QED) is 0.774. The monoisotopic (exact) mass is 291 g/mol. The predicted octanol–water partition coefficient (Wildman–Crippen LogP) is 0.0992. The molecule has 0 aliphatic rings. The lowest BCUT2D eigenvalue weighted by molar-refractivity contribution is 0.556. The van der Waals surface area contributed by atoms with Gasteiger partial charge in [0.1, 0.15) is 10.7 Å². The number of pyridine rings is 1. The summed E-state index contributed by atoms with van der Waals surface area (Å²) in [7, 11) is -4.61. The predicted molar refractivity (Wildman–Crippen MR) is 72.0 cm³/mol. The molecule has 0 saturated heterocycles. The van der Waals surface area contributed by atoms with Crippen molar-refractivity contribution in [3.05, 3.63) is 18.3 Å². The van der Waals surface area contributed by atoms with Gasteiger partial charge in [-0.15, -0.1) is 0 Å². The van der Waals surface area contributed by atoms with Gasteiger partial charge in [-0.05, 0) is 25.5 Å². The van der Waals surface area contributed by atoms with Crippen molar-refractivity contribution >= 4 is 26.6 Å². The Bertz CT molecular complexity index is 531. The van der Waals surface area contributed by atoms with Gasteiger partial charge in [-0.3, -0.25) is 4.21 Å². The number of nitrogen functional groups attached to an aromatic ring is 1. The van der Waals surface area contributed by atoms with Crippen molar-refractivity contribution in [2.45, 2.75) is 24.3 Å². The van der Waals surface area contributed by atoms with E-state index >= 15 is 0 Å². The van der Waals surface area contributed by atoms with Crippen LogP contribution in [0.4, 0.5) is 5.82 Å². The highest BCUT2D eigenvalue weighted by Crippen LogP contribution is 2.15. The zero-order valence-corrected chi connectivity index (χ0v) is 11.9. The van der Waals surface area contributed by atoms with Crippen LogP contribution in [0, 0.1) is 0 Å². The molecule has 6 nitrogen and oxygen atoms in total. The van der Waals surface area contributed by atoms with Gasteiger partial charge in [0.15, 0.2) is 0 Å². The van der Waals surface area contributed by atoms with E-state index in [0.29, 0.717) is 12.2 Å². The molecule has 0 radical (unpaired) electrons. The molecule has 8 heteroatoms. The van der Waals surface area contributed by atoms with E-state index < -0.39 is 20.8 Å². The average molecular weight is 291 g/mol. The SMILES string of the molecule is CC(CCS(C)=O)NS(=O)(=O)c1cccnc1N. The van der Waals surface area contributed by atoms with E-state index in [0.717, 1.165) is 0 Å². The van der Waals surface area contributed by atoms with Crippen molar-refractivity contribution < 1.29 is 12.6 Å². The number of nitrogens with one attached hydrogen (secondary N) is 1. The first-order valence-electron chi connectivity index (χ1n) is 5.36. The first-order chi connectivity index (χ1) is 8.33. The molecule has 1 heterocycles. The Labute approximate surface area is 110 Å². The summed E-state index contributed by atoms with van der Waals surface area (Å²) in [6.45, 7) is 1.72. The molecule has 1 rings (SSSR count). The lowest BCUT2D eigenvalue weighted by Crippen LogP contribution is -2.34. The minimum Gasteiger partial charge on any atom is -0.383 e. The Morgan fingerprint density at radius 3 is 2.78 bits per heavy atom. The summed E-state index contributed by atoms with van der Waals surface area (Å²) in [4.78, 5) is 3.70. The molecule has 102 valence electrons. The summed E-state index contributed by atoms with van der Waals surface area (Å²) < 4.78 is 37.4. The molecular formula is C10H17N3O3S2. The maximum Gasteiger partial charge on any atom is 0.244 e. The number of aromatic nitrogens is 1. The zero-order chi connectivity index (χ0) is 13.8. The highest BCUT2D eigenvalue weighted by atomic mass is 32.2. The summed E-state index contributed by atoms with van der Waals surface area (Å²) in [5.41, 5.74) is 5.53. The number of nitrogens with two attached hydrogens (primary N) is 1. The second-order valence-electron chi connectivity index (χ2n) is 3.98. The molecule has 0 aliphatic carbocycles. The lowest BCUT2D eigenvalue weighted by Gasteiger charge is -2.14. The van der Waals surface area contributed by atoms with E-state index in [1.54, 1.807) is 13.2 Å². The van der Waals surface area contributed by atoms with Crippen LogP contribution in [0.1, 0.15) is 13.3 Å². The minimum absolute atomic E-state index is 0.0312. The number of hydrogen-bond acceptors (Lipinski definition) is 5. The molecule has 3 N–H and O–H groups in total. The van der Waals surface area contributed by atoms with Crippen LogP contribution in [0.25, 0.3) is 0 Å². The summed E-state index contributed by atoms with van der Waals surface area (Å²) in [6.07, 6.45) is 3.51. The van der Waals surface area contributed by atoms with Gasteiger partial charge >= 0.3 is 0 Å². The molecule has 0 spiro atoms. The fourth-order valence-electron chi connectivity index (χ4n) is 1.36. The van der Waals surface area contributed by atoms with E-state index in [2.05, 4.69) is 9.71 Å². The molecule has 0 aromatic carbocycles. The number of nitrogens with zero attached hydrogens (tertiary/aromatic N) is 1. The van der Waals surface area contributed by atoms with Gasteiger partial charge in [0.2, 0.25) is 10.0 Å². The summed E-state index contributed by atoms with van der Waals surface area (Å²) >= 11 is 0. The first-order valence-corrected chi connectivity index (χ1v) is 8.57. The summed E-state index contributed by atoms with van der Waals surface area (Å²) in [6, 6.07) is 2.60. The molecule has 2 unspecified atom stereocenters. The van der Waals surface area contributed by atoms with Crippen LogP contribution in [0.15, 0.2) is 23.2 Å². The molecule has 0 aliphatic heterocycles. The van der Waals surface area contributed by atoms with Gasteiger partial charge in [-0.2, -0.15) is 0 Å². The number of sulfonamides is 1. The third-order valence-corrected chi connectivity index (χ3v) is 4.73. The standard InChI is InChI=1S/C10H17N3O3S2/c1-8(5-7-17(2)14)13-18(15,16)9-4-3-6-12-10(9)11/h3-4,6,8,13H,5,7H2,1-2H3,(H2,11,12). The highest BCUT2D eigenvalue weighted by Gasteiger charge is 2.20. The second kappa shape index (κ2) is 6.26. The summed E-state index contributed by atoms with van der Waals surface area (Å²) in [5.74, 6) is 0.419. The van der Waals surface area contributed by atoms with Crippen molar-refractivity contribution in [3.8, 4) is 0 Å². The normalized spacial score (nSPS) is 15.2. The lowest BCUT2D eigenvalue weighted by atomic mass is 10.3. The summed E-state index contributed by atoms with van der Waals surface area (Å²) in [5, 5.41) is 0. The minimum atomic E-state index is -3.67. The Morgan fingerprint density at radius 1 is 1.56 bits per heavy atom. The smallest absolute Gasteiger partial charge is 0.244 e. The number of hydrogen-bond donors (Lipinski definition) is 2. The van der Waals surface area contributed by atoms with Crippen LogP contribution in [-0.2, 0) is 20.8 Å². The fraction of sp³-hybridized carbons (Fsp3) is 0.500. The van der Waals surface area contributed by atoms with Crippen molar-refractivity contribution in [3.63, 3.8) is 0 Å². The van der Waals surface area contributed by atoms with Crippen molar-refractivity contribution in [2.75, 3.05) is 17.7 Å². The fourth-order valence-corrected chi connectivity index (χ4v) is 3.41. The molecule has 1 aromatic rings. The maximum atomic E-state index is 12.0. The van der Waals surface area contributed by atoms with Crippen molar-refractivity contribution in [1.29, 1.82) is 0 Å². The van der Waals surface area contributed by atoms with Crippen molar-refractivity contribution in [2.24, 2.45) is 0 Å². The largest absolute Gasteiger partial charge is 0.383 e. The Balaban J connectivity index is 2.77. The highest BCUT2D eigenvalue weighted by molar-refractivity contribution is 7.89. The molecule has 18 heavy (non-hydrogen) atoms. The maximum absolute atomic E-state index is 12.0. The zero-order valence-electron chi connectivity index (χ0n) is 10.3. The molecule has 0 amide bonds. The topological polar surface area (TPSA) is 102 Å². The van der Waals surface area contributed by atoms with Gasteiger partial charge in [-0.25, -0.2) is 18.1 Å². The van der Waals surface area contributed by atoms with Crippen LogP contribution in [0.3, 0.4) is 0 Å². The van der Waals surface area contributed by atoms with Crippen molar-refractivity contribution in [1.82, 2.24) is 9.71 Å². The van der Waals surface area contributed by atoms with E-state index in [4.69, 9.17) is 5.73 Å². The molecule has 0 fully saturated rings. The Hall–Kier alpha value is -0.990. The van der Waals surface area contributed by atoms with Crippen LogP contribution in [-0.4, -0.2) is 35.7 Å². The number of rotatable bonds is 6. The number of anilines is 1. The van der Waals surface area contributed by atoms with Gasteiger partial charge in [0.05, 0.1) is 0 Å². The third kappa shape index (κ3) is 4.35. The van der Waals surface area contributed by atoms with Gasteiger partial charge in [0, 0.05) is 35.0 Å². The van der Waals surface area contributed by atoms with E-state index in [-0.39, 0.29) is 16.8 Å². The molecule has 2 atom stereocenters. The molecule has 0 saturated carbocycles. The first kappa shape index (κ1) is 15.1. The molecule has 0 bridgehead atoms. The second-order valence-corrected chi connectivity index (χ2v) is 7.21. The van der Waals surface area contributed by atoms with Crippen LogP contribution in [0.5, 0.6) is 0 Å². The van der Waals surface area contributed by atoms with Gasteiger partial charge < -0.3 is 5.73 Å². The van der Waals surface area contributed by atoms with E-state index in [9.17, 15) is 12.6 Å². The average Bonchev–Trinajstić information content (AvgIpc) is 2.26. The Kier molecular flexibility index (Phi) is 5.24. The van der Waals surface area contributed by atoms with E-state index in [1.807, 2.05) is 0 Å². The van der Waals surface area contributed by atoms with Crippen LogP contribution < -0.4 is 10.5 Å². The Morgan fingerprint density at radius 2 is 2.22 bits per heavy atom. The molecular weight excluding hydrogens is 274 g/mol. The van der Waals surface area contributed by atoms with Crippen LogP contribution >= 0.6 is 0 Å². The van der Waals surface area contributed by atoms with Gasteiger partial charge in [0.25, 0.3) is 0 Å². The van der Waals surface area contributed by atoms with Crippen LogP contribution in [0.2, 0.25) is 0 Å². The van der Waals surface area contributed by atoms with E-state index in [1.165, 1.54) is 18.3 Å². The third-order valence-electron chi connectivity index (χ3n) is 2.28.